The summed E-state index contributed by atoms with van der Waals surface area (Å²) in [6, 6.07) is 13.1. The molecule has 0 saturated heterocycles. The summed E-state index contributed by atoms with van der Waals surface area (Å²) >= 11 is 2.15. The van der Waals surface area contributed by atoms with Gasteiger partial charge in [0.15, 0.2) is 0 Å². The molecule has 3 rings (SSSR count). The standard InChI is InChI=1S/C20H20FIN2O3/c21-14-7-5-12(6-8-14)11-24-16-9-13(20(23)26)10-18(19(16)25)27-17-4-2-1-3-15(17)22/h1-8,10,16,18-19,24-25H,9,11H2,(H2,23,26)/t16-,18+,19+/m1/s1. The Hall–Kier alpha value is -1.97. The second-order valence-corrected chi connectivity index (χ2v) is 7.54. The molecule has 5 nitrogen and oxygen atoms in total. The number of ether oxygens (including phenoxy) is 1. The second kappa shape index (κ2) is 8.81. The zero-order valence-corrected chi connectivity index (χ0v) is 16.6. The molecule has 0 bridgehead atoms. The van der Waals surface area contributed by atoms with Crippen LogP contribution >= 0.6 is 22.6 Å². The lowest BCUT2D eigenvalue weighted by molar-refractivity contribution is -0.115. The summed E-state index contributed by atoms with van der Waals surface area (Å²) in [7, 11) is 0. The fourth-order valence-electron chi connectivity index (χ4n) is 2.97. The number of halogens is 2. The van der Waals surface area contributed by atoms with Gasteiger partial charge in [0.1, 0.15) is 23.8 Å². The molecule has 1 aliphatic rings. The van der Waals surface area contributed by atoms with E-state index in [0.717, 1.165) is 9.13 Å². The molecule has 0 aliphatic heterocycles. The van der Waals surface area contributed by atoms with E-state index in [2.05, 4.69) is 27.9 Å². The van der Waals surface area contributed by atoms with Crippen molar-refractivity contribution in [3.8, 4) is 5.75 Å². The largest absolute Gasteiger partial charge is 0.482 e. The first-order valence-electron chi connectivity index (χ1n) is 8.51. The summed E-state index contributed by atoms with van der Waals surface area (Å²) in [5.74, 6) is -0.213. The number of amides is 1. The van der Waals surface area contributed by atoms with Gasteiger partial charge in [-0.1, -0.05) is 24.3 Å². The quantitative estimate of drug-likeness (QED) is 0.553. The number of hydrogen-bond donors (Lipinski definition) is 3. The lowest BCUT2D eigenvalue weighted by atomic mass is 9.89. The lowest BCUT2D eigenvalue weighted by Gasteiger charge is -2.34. The number of hydrogen-bond acceptors (Lipinski definition) is 4. The predicted molar refractivity (Wildman–Crippen MR) is 109 cm³/mol. The van der Waals surface area contributed by atoms with Gasteiger partial charge in [-0.15, -0.1) is 0 Å². The van der Waals surface area contributed by atoms with Gasteiger partial charge in [-0.3, -0.25) is 4.79 Å². The smallest absolute Gasteiger partial charge is 0.244 e. The summed E-state index contributed by atoms with van der Waals surface area (Å²) in [4.78, 5) is 11.7. The van der Waals surface area contributed by atoms with Gasteiger partial charge in [-0.25, -0.2) is 4.39 Å². The number of aliphatic hydroxyl groups excluding tert-OH is 1. The molecular weight excluding hydrogens is 462 g/mol. The van der Waals surface area contributed by atoms with Gasteiger partial charge in [0.25, 0.3) is 0 Å². The molecule has 0 heterocycles. The molecule has 7 heteroatoms. The van der Waals surface area contributed by atoms with E-state index in [1.807, 2.05) is 24.3 Å². The number of benzene rings is 2. The van der Waals surface area contributed by atoms with Crippen LogP contribution in [0, 0.1) is 9.39 Å². The van der Waals surface area contributed by atoms with Gasteiger partial charge in [0, 0.05) is 18.2 Å². The van der Waals surface area contributed by atoms with Crippen molar-refractivity contribution in [3.63, 3.8) is 0 Å². The van der Waals surface area contributed by atoms with E-state index in [9.17, 15) is 14.3 Å². The van der Waals surface area contributed by atoms with Gasteiger partial charge in [-0.2, -0.15) is 0 Å². The van der Waals surface area contributed by atoms with Crippen LogP contribution in [0.4, 0.5) is 4.39 Å². The van der Waals surface area contributed by atoms with Crippen molar-refractivity contribution in [1.82, 2.24) is 5.32 Å². The molecule has 0 radical (unpaired) electrons. The average Bonchev–Trinajstić information content (AvgIpc) is 2.65. The van der Waals surface area contributed by atoms with Crippen molar-refractivity contribution in [2.24, 2.45) is 5.73 Å². The first kappa shape index (κ1) is 19.8. The minimum atomic E-state index is -0.871. The van der Waals surface area contributed by atoms with E-state index in [1.54, 1.807) is 18.2 Å². The summed E-state index contributed by atoms with van der Waals surface area (Å²) in [6.45, 7) is 0.420. The summed E-state index contributed by atoms with van der Waals surface area (Å²) < 4.78 is 19.9. The van der Waals surface area contributed by atoms with Gasteiger partial charge < -0.3 is 20.9 Å². The van der Waals surface area contributed by atoms with Crippen LogP contribution in [0.15, 0.2) is 60.2 Å². The van der Waals surface area contributed by atoms with Crippen LogP contribution < -0.4 is 15.8 Å². The Morgan fingerprint density at radius 2 is 1.96 bits per heavy atom. The van der Waals surface area contributed by atoms with Crippen LogP contribution in [0.2, 0.25) is 0 Å². The average molecular weight is 482 g/mol. The maximum Gasteiger partial charge on any atom is 0.244 e. The van der Waals surface area contributed by atoms with Crippen molar-refractivity contribution >= 4 is 28.5 Å². The van der Waals surface area contributed by atoms with Gasteiger partial charge in [0.05, 0.1) is 3.57 Å². The number of primary amides is 1. The minimum Gasteiger partial charge on any atom is -0.482 e. The molecule has 142 valence electrons. The first-order chi connectivity index (χ1) is 12.9. The highest BCUT2D eigenvalue weighted by atomic mass is 127. The fourth-order valence-corrected chi connectivity index (χ4v) is 3.48. The molecule has 0 aromatic heterocycles. The number of carbonyl (C=O) groups excluding carboxylic acids is 1. The van der Waals surface area contributed by atoms with Gasteiger partial charge >= 0.3 is 0 Å². The number of rotatable bonds is 6. The van der Waals surface area contributed by atoms with E-state index >= 15 is 0 Å². The number of nitrogens with one attached hydrogen (secondary N) is 1. The molecule has 1 aliphatic carbocycles. The Kier molecular flexibility index (Phi) is 6.46. The summed E-state index contributed by atoms with van der Waals surface area (Å²) in [5.41, 5.74) is 6.75. The maximum atomic E-state index is 13.0. The second-order valence-electron chi connectivity index (χ2n) is 6.38. The highest BCUT2D eigenvalue weighted by molar-refractivity contribution is 14.1. The van der Waals surface area contributed by atoms with Crippen molar-refractivity contribution in [3.05, 3.63) is 75.1 Å². The molecule has 3 atom stereocenters. The molecular formula is C20H20FIN2O3. The highest BCUT2D eigenvalue weighted by Gasteiger charge is 2.34. The Bertz CT molecular complexity index is 841. The van der Waals surface area contributed by atoms with Crippen LogP contribution in [0.25, 0.3) is 0 Å². The van der Waals surface area contributed by atoms with E-state index in [0.29, 0.717) is 24.3 Å². The first-order valence-corrected chi connectivity index (χ1v) is 9.59. The Morgan fingerprint density at radius 1 is 1.26 bits per heavy atom. The van der Waals surface area contributed by atoms with E-state index in [1.165, 1.54) is 12.1 Å². The van der Waals surface area contributed by atoms with Crippen LogP contribution in [0.5, 0.6) is 5.75 Å². The van der Waals surface area contributed by atoms with Crippen LogP contribution in [0.1, 0.15) is 12.0 Å². The zero-order valence-electron chi connectivity index (χ0n) is 14.4. The Labute approximate surface area is 170 Å². The zero-order chi connectivity index (χ0) is 19.4. The number of carbonyl (C=O) groups is 1. The van der Waals surface area contributed by atoms with Gasteiger partial charge in [-0.05, 0) is 64.9 Å². The monoisotopic (exact) mass is 482 g/mol. The Morgan fingerprint density at radius 3 is 2.63 bits per heavy atom. The third-order valence-electron chi connectivity index (χ3n) is 4.45. The topological polar surface area (TPSA) is 84.6 Å². The predicted octanol–water partition coefficient (Wildman–Crippen LogP) is 2.51. The third-order valence-corrected chi connectivity index (χ3v) is 5.34. The fraction of sp³-hybridized carbons (Fsp3) is 0.250. The minimum absolute atomic E-state index is 0.295. The molecule has 0 unspecified atom stereocenters. The lowest BCUT2D eigenvalue weighted by Crippen LogP contribution is -2.51. The third kappa shape index (κ3) is 5.06. The van der Waals surface area contributed by atoms with Crippen molar-refractivity contribution in [2.75, 3.05) is 0 Å². The van der Waals surface area contributed by atoms with E-state index < -0.39 is 24.2 Å². The molecule has 1 amide bonds. The normalized spacial score (nSPS) is 22.2. The summed E-state index contributed by atoms with van der Waals surface area (Å²) in [5, 5.41) is 14.0. The maximum absolute atomic E-state index is 13.0. The number of nitrogens with two attached hydrogens (primary N) is 1. The van der Waals surface area contributed by atoms with Crippen LogP contribution in [-0.4, -0.2) is 29.3 Å². The molecule has 27 heavy (non-hydrogen) atoms. The van der Waals surface area contributed by atoms with Crippen molar-refractivity contribution in [1.29, 1.82) is 0 Å². The SMILES string of the molecule is NC(=O)C1=C[C@H](Oc2ccccc2I)[C@@H](O)[C@H](NCc2ccc(F)cc2)C1. The molecule has 2 aromatic rings. The summed E-state index contributed by atoms with van der Waals surface area (Å²) in [6.07, 6.45) is 0.308. The molecule has 2 aromatic carbocycles. The molecule has 0 spiro atoms. The highest BCUT2D eigenvalue weighted by Crippen LogP contribution is 2.27. The van der Waals surface area contributed by atoms with Crippen molar-refractivity contribution in [2.45, 2.75) is 31.2 Å². The van der Waals surface area contributed by atoms with E-state index in [-0.39, 0.29) is 5.82 Å². The van der Waals surface area contributed by atoms with Crippen LogP contribution in [-0.2, 0) is 11.3 Å². The molecule has 4 N–H and O–H groups in total. The van der Waals surface area contributed by atoms with Crippen LogP contribution in [0.3, 0.4) is 0 Å². The Balaban J connectivity index is 1.75. The molecule has 0 fully saturated rings. The van der Waals surface area contributed by atoms with E-state index in [4.69, 9.17) is 10.5 Å². The number of para-hydroxylation sites is 1. The van der Waals surface area contributed by atoms with Crippen molar-refractivity contribution < 1.29 is 19.0 Å². The number of aliphatic hydroxyl groups is 1. The van der Waals surface area contributed by atoms with Gasteiger partial charge in [0.2, 0.25) is 5.91 Å². The molecule has 0 saturated carbocycles.